The van der Waals surface area contributed by atoms with Crippen LogP contribution in [0.1, 0.15) is 40.5 Å². The third-order valence-electron chi connectivity index (χ3n) is 1.72. The predicted molar refractivity (Wildman–Crippen MR) is 39.3 cm³/mol. The summed E-state index contributed by atoms with van der Waals surface area (Å²) in [4.78, 5) is 0. The summed E-state index contributed by atoms with van der Waals surface area (Å²) in [5.41, 5.74) is 0. The van der Waals surface area contributed by atoms with Crippen molar-refractivity contribution in [3.8, 4) is 0 Å². The third kappa shape index (κ3) is 6.63. The van der Waals surface area contributed by atoms with Crippen molar-refractivity contribution < 1.29 is 23.7 Å². The standard InChI is InChI=1S/C8H17.O.Ti/c1-5-8(6-2)7(3)4;;/h7H,5-6H2,1-4H3;;/q-1;;+1. The minimum absolute atomic E-state index is 0.750. The Hall–Kier alpha value is 0.514. The van der Waals surface area contributed by atoms with Crippen molar-refractivity contribution in [3.63, 3.8) is 0 Å². The van der Waals surface area contributed by atoms with E-state index in [0.717, 1.165) is 26.3 Å². The van der Waals surface area contributed by atoms with Crippen LogP contribution in [-0.4, -0.2) is 0 Å². The molecule has 0 aliphatic carbocycles. The summed E-state index contributed by atoms with van der Waals surface area (Å²) in [5.74, 6) is 2.48. The topological polar surface area (TPSA) is 17.1 Å². The van der Waals surface area contributed by atoms with E-state index in [4.69, 9.17) is 3.32 Å². The van der Waals surface area contributed by atoms with Gasteiger partial charge in [0.25, 0.3) is 0 Å². The molecule has 0 amide bonds. The first kappa shape index (κ1) is 13.1. The van der Waals surface area contributed by atoms with E-state index >= 15 is 0 Å². The fourth-order valence-corrected chi connectivity index (χ4v) is 1.07. The van der Waals surface area contributed by atoms with Crippen molar-refractivity contribution in [3.05, 3.63) is 5.92 Å². The van der Waals surface area contributed by atoms with Gasteiger partial charge in [-0.25, -0.2) is 0 Å². The minimum atomic E-state index is 0.750. The molecule has 0 aliphatic heterocycles. The van der Waals surface area contributed by atoms with Crippen LogP contribution in [0.25, 0.3) is 0 Å². The van der Waals surface area contributed by atoms with Gasteiger partial charge in [-0.1, -0.05) is 27.7 Å². The Morgan fingerprint density at radius 2 is 1.50 bits per heavy atom. The van der Waals surface area contributed by atoms with E-state index in [1.54, 1.807) is 5.92 Å². The Labute approximate surface area is 76.3 Å². The van der Waals surface area contributed by atoms with Gasteiger partial charge in [-0.15, -0.1) is 0 Å². The second-order valence-electron chi connectivity index (χ2n) is 2.52. The van der Waals surface area contributed by atoms with Crippen LogP contribution in [0.2, 0.25) is 0 Å². The van der Waals surface area contributed by atoms with E-state index < -0.39 is 0 Å². The number of rotatable bonds is 3. The molecule has 0 N–H and O–H groups in total. The molecule has 2 heteroatoms. The average Bonchev–Trinajstić information content (AvgIpc) is 1.94. The average molecular weight is 177 g/mol. The molecule has 0 rings (SSSR count). The second-order valence-corrected chi connectivity index (χ2v) is 2.52. The van der Waals surface area contributed by atoms with Crippen LogP contribution in [0.3, 0.4) is 0 Å². The van der Waals surface area contributed by atoms with Gasteiger partial charge in [0.05, 0.1) is 0 Å². The van der Waals surface area contributed by atoms with Crippen molar-refractivity contribution in [2.24, 2.45) is 5.92 Å². The maximum absolute atomic E-state index is 8.25. The molecule has 0 bridgehead atoms. The van der Waals surface area contributed by atoms with Crippen LogP contribution in [0, 0.1) is 11.8 Å². The maximum atomic E-state index is 8.25. The van der Waals surface area contributed by atoms with Gasteiger partial charge >= 0.3 is 23.7 Å². The zero-order valence-electron chi connectivity index (χ0n) is 7.40. The van der Waals surface area contributed by atoms with Gasteiger partial charge in [0, 0.05) is 0 Å². The first-order chi connectivity index (χ1) is 4.72. The Morgan fingerprint density at radius 3 is 1.50 bits per heavy atom. The SMILES string of the molecule is CC[C-](CC)C(C)C.[O]=[Ti+]. The summed E-state index contributed by atoms with van der Waals surface area (Å²) in [5, 5.41) is 0. The van der Waals surface area contributed by atoms with Crippen LogP contribution in [0.15, 0.2) is 0 Å². The molecule has 0 aliphatic rings. The van der Waals surface area contributed by atoms with Gasteiger partial charge < -0.3 is 5.92 Å². The van der Waals surface area contributed by atoms with E-state index in [2.05, 4.69) is 27.7 Å². The zero-order chi connectivity index (χ0) is 8.57. The molecule has 0 heterocycles. The van der Waals surface area contributed by atoms with E-state index in [1.165, 1.54) is 12.8 Å². The molecule has 0 radical (unpaired) electrons. The van der Waals surface area contributed by atoms with Crippen molar-refractivity contribution in [2.75, 3.05) is 0 Å². The quantitative estimate of drug-likeness (QED) is 0.478. The first-order valence-electron chi connectivity index (χ1n) is 3.77. The molecular weight excluding hydrogens is 160 g/mol. The van der Waals surface area contributed by atoms with Gasteiger partial charge in [0.1, 0.15) is 0 Å². The van der Waals surface area contributed by atoms with Crippen LogP contribution >= 0.6 is 0 Å². The van der Waals surface area contributed by atoms with Crippen molar-refractivity contribution in [1.82, 2.24) is 0 Å². The second kappa shape index (κ2) is 9.51. The third-order valence-corrected chi connectivity index (χ3v) is 1.72. The van der Waals surface area contributed by atoms with Gasteiger partial charge in [-0.3, -0.25) is 0 Å². The molecule has 10 heavy (non-hydrogen) atoms. The van der Waals surface area contributed by atoms with Crippen LogP contribution in [-0.2, 0) is 23.7 Å². The molecule has 0 atom stereocenters. The Bertz CT molecular complexity index is 60.3. The summed E-state index contributed by atoms with van der Waals surface area (Å²) in [6.45, 7) is 9.00. The summed E-state index contributed by atoms with van der Waals surface area (Å²) in [6, 6.07) is 0. The zero-order valence-corrected chi connectivity index (χ0v) is 8.96. The van der Waals surface area contributed by atoms with E-state index in [-0.39, 0.29) is 0 Å². The van der Waals surface area contributed by atoms with Gasteiger partial charge in [0.2, 0.25) is 0 Å². The van der Waals surface area contributed by atoms with E-state index in [0.29, 0.717) is 0 Å². The molecule has 59 valence electrons. The predicted octanol–water partition coefficient (Wildman–Crippen LogP) is 2.92. The Morgan fingerprint density at radius 1 is 1.20 bits per heavy atom. The summed E-state index contributed by atoms with van der Waals surface area (Å²) in [7, 11) is 0. The molecule has 0 aromatic rings. The molecule has 1 nitrogen and oxygen atoms in total. The first-order valence-corrected chi connectivity index (χ1v) is 4.41. The molecule has 0 unspecified atom stereocenters. The monoisotopic (exact) mass is 177 g/mol. The fourth-order valence-electron chi connectivity index (χ4n) is 1.07. The van der Waals surface area contributed by atoms with Crippen molar-refractivity contribution in [2.45, 2.75) is 40.5 Å². The summed E-state index contributed by atoms with van der Waals surface area (Å²) in [6.07, 6.45) is 2.52. The Kier molecular flexibility index (Phi) is 12.5. The molecule has 0 spiro atoms. The van der Waals surface area contributed by atoms with Gasteiger partial charge in [-0.2, -0.15) is 18.8 Å². The Balaban J connectivity index is 0. The summed E-state index contributed by atoms with van der Waals surface area (Å²) < 4.78 is 8.25. The number of hydrogen-bond acceptors (Lipinski definition) is 1. The van der Waals surface area contributed by atoms with Crippen LogP contribution < -0.4 is 0 Å². The van der Waals surface area contributed by atoms with Crippen molar-refractivity contribution >= 4 is 0 Å². The molecular formula is C8H17OTi. The molecule has 0 saturated heterocycles. The van der Waals surface area contributed by atoms with E-state index in [9.17, 15) is 0 Å². The van der Waals surface area contributed by atoms with Gasteiger partial charge in [0.15, 0.2) is 0 Å². The van der Waals surface area contributed by atoms with Gasteiger partial charge in [-0.05, 0) is 0 Å². The van der Waals surface area contributed by atoms with Crippen LogP contribution in [0.4, 0.5) is 0 Å². The molecule has 0 aromatic heterocycles. The molecule has 0 aromatic carbocycles. The van der Waals surface area contributed by atoms with E-state index in [1.807, 2.05) is 0 Å². The van der Waals surface area contributed by atoms with Crippen LogP contribution in [0.5, 0.6) is 0 Å². The fraction of sp³-hybridized carbons (Fsp3) is 0.875. The molecule has 0 saturated carbocycles. The molecule has 0 fully saturated rings. The van der Waals surface area contributed by atoms with Crippen molar-refractivity contribution in [1.29, 1.82) is 0 Å². The number of hydrogen-bond donors (Lipinski definition) is 0. The normalized spacial score (nSPS) is 9.60. The summed E-state index contributed by atoms with van der Waals surface area (Å²) >= 11 is 0.750.